The van der Waals surface area contributed by atoms with Crippen molar-refractivity contribution in [3.05, 3.63) is 58.9 Å². The highest BCUT2D eigenvalue weighted by molar-refractivity contribution is 6.40. The predicted octanol–water partition coefficient (Wildman–Crippen LogP) is 6.01. The molecule has 10 heteroatoms. The third kappa shape index (κ3) is 9.34. The normalized spacial score (nSPS) is 11.4. The van der Waals surface area contributed by atoms with Gasteiger partial charge in [-0.2, -0.15) is 10.5 Å². The number of aliphatic imine (C=N–C) groups is 2. The lowest BCUT2D eigenvalue weighted by Crippen LogP contribution is -2.21. The zero-order valence-corrected chi connectivity index (χ0v) is 23.0. The number of rotatable bonds is 10. The maximum atomic E-state index is 10.3. The summed E-state index contributed by atoms with van der Waals surface area (Å²) in [6.45, 7) is 11.4. The molecule has 0 aliphatic heterocycles. The second-order valence-corrected chi connectivity index (χ2v) is 8.18. The molecule has 0 aliphatic rings. The highest BCUT2D eigenvalue weighted by Crippen LogP contribution is 2.25. The number of phenolic OH excluding ortho intramolecular Hbond substituents is 2. The molecule has 0 unspecified atom stereocenters. The van der Waals surface area contributed by atoms with Crippen molar-refractivity contribution in [2.45, 2.75) is 27.7 Å². The molecule has 0 radical (unpaired) electrons. The number of hydrogen-bond donors (Lipinski definition) is 2. The van der Waals surface area contributed by atoms with Crippen LogP contribution in [0.1, 0.15) is 38.8 Å². The van der Waals surface area contributed by atoms with Crippen molar-refractivity contribution in [1.82, 2.24) is 0 Å². The van der Waals surface area contributed by atoms with Crippen LogP contribution in [-0.2, 0) is 0 Å². The van der Waals surface area contributed by atoms with Gasteiger partial charge in [-0.15, -0.1) is 23.2 Å². The van der Waals surface area contributed by atoms with Crippen LogP contribution >= 0.6 is 23.2 Å². The van der Waals surface area contributed by atoms with Gasteiger partial charge in [-0.1, -0.05) is 0 Å². The molecule has 2 aromatic carbocycles. The van der Waals surface area contributed by atoms with Gasteiger partial charge in [0, 0.05) is 73.2 Å². The van der Waals surface area contributed by atoms with Gasteiger partial charge in [-0.25, -0.2) is 9.98 Å². The second-order valence-electron chi connectivity index (χ2n) is 7.37. The molecule has 0 aromatic heterocycles. The van der Waals surface area contributed by atoms with Crippen LogP contribution in [0.15, 0.2) is 57.8 Å². The van der Waals surface area contributed by atoms with Crippen molar-refractivity contribution >= 4 is 47.0 Å². The summed E-state index contributed by atoms with van der Waals surface area (Å²) < 4.78 is 0. The lowest BCUT2D eigenvalue weighted by Gasteiger charge is -2.21. The molecule has 0 saturated carbocycles. The Morgan fingerprint density at radius 2 is 1.08 bits per heavy atom. The number of halogens is 2. The fourth-order valence-electron chi connectivity index (χ4n) is 3.41. The van der Waals surface area contributed by atoms with Crippen LogP contribution in [0.25, 0.3) is 0 Å². The Labute approximate surface area is 229 Å². The van der Waals surface area contributed by atoms with E-state index in [-0.39, 0.29) is 28.2 Å². The van der Waals surface area contributed by atoms with Crippen LogP contribution in [0.2, 0.25) is 0 Å². The summed E-state index contributed by atoms with van der Waals surface area (Å²) in [5.74, 6) is 0.0383. The highest BCUT2D eigenvalue weighted by Gasteiger charge is 2.09. The molecule has 0 aliphatic carbocycles. The molecule has 0 saturated heterocycles. The molecule has 196 valence electrons. The van der Waals surface area contributed by atoms with E-state index in [1.165, 1.54) is 12.4 Å². The third-order valence-electron chi connectivity index (χ3n) is 5.39. The highest BCUT2D eigenvalue weighted by atomic mass is 35.5. The lowest BCUT2D eigenvalue weighted by atomic mass is 10.1. The van der Waals surface area contributed by atoms with Crippen LogP contribution in [0.3, 0.4) is 0 Å². The first-order valence-electron chi connectivity index (χ1n) is 11.7. The van der Waals surface area contributed by atoms with Gasteiger partial charge in [0.15, 0.2) is 11.4 Å². The first kappa shape index (κ1) is 31.3. The predicted molar refractivity (Wildman–Crippen MR) is 153 cm³/mol. The van der Waals surface area contributed by atoms with Crippen molar-refractivity contribution in [2.24, 2.45) is 9.98 Å². The van der Waals surface area contributed by atoms with E-state index >= 15 is 0 Å². The molecule has 8 nitrogen and oxygen atoms in total. The van der Waals surface area contributed by atoms with Crippen molar-refractivity contribution in [1.29, 1.82) is 10.5 Å². The van der Waals surface area contributed by atoms with Gasteiger partial charge >= 0.3 is 0 Å². The maximum absolute atomic E-state index is 10.3. The fraction of sp³-hybridized carbons (Fsp3) is 0.333. The molecule has 2 aromatic rings. The Morgan fingerprint density at radius 3 is 1.32 bits per heavy atom. The third-order valence-corrected chi connectivity index (χ3v) is 5.39. The van der Waals surface area contributed by atoms with Crippen molar-refractivity contribution in [2.75, 3.05) is 41.3 Å². The van der Waals surface area contributed by atoms with E-state index in [1.807, 2.05) is 52.0 Å². The molecule has 0 heterocycles. The smallest absolute Gasteiger partial charge is 0.176 e. The molecule has 0 spiro atoms. The Morgan fingerprint density at radius 1 is 0.757 bits per heavy atom. The summed E-state index contributed by atoms with van der Waals surface area (Å²) in [6, 6.07) is 14.1. The van der Waals surface area contributed by atoms with Crippen LogP contribution in [0, 0.1) is 22.7 Å². The van der Waals surface area contributed by atoms with E-state index < -0.39 is 0 Å². The minimum absolute atomic E-state index is 0.0191. The molecule has 0 amide bonds. The Bertz CT molecular complexity index is 1100. The number of anilines is 2. The molecular formula is C27H32Cl2N6O2. The molecule has 37 heavy (non-hydrogen) atoms. The topological polar surface area (TPSA) is 119 Å². The minimum Gasteiger partial charge on any atom is -0.507 e. The summed E-state index contributed by atoms with van der Waals surface area (Å²) in [7, 11) is 0. The lowest BCUT2D eigenvalue weighted by molar-refractivity contribution is 0.474. The molecule has 0 fully saturated rings. The Hall–Kier alpha value is -3.72. The van der Waals surface area contributed by atoms with Gasteiger partial charge in [0.2, 0.25) is 0 Å². The zero-order valence-electron chi connectivity index (χ0n) is 21.5. The summed E-state index contributed by atoms with van der Waals surface area (Å²) in [5, 5.41) is 39.9. The average Bonchev–Trinajstić information content (AvgIpc) is 2.89. The van der Waals surface area contributed by atoms with E-state index in [4.69, 9.17) is 23.2 Å². The van der Waals surface area contributed by atoms with Crippen molar-refractivity contribution < 1.29 is 10.2 Å². The van der Waals surface area contributed by atoms with Gasteiger partial charge in [-0.05, 0) is 52.0 Å². The maximum Gasteiger partial charge on any atom is 0.176 e. The number of phenols is 2. The number of benzene rings is 2. The standard InChI is InChI=1S/C26H30N6O2.CH2Cl2/c1-5-31(6-2)21-11-9-19(25(33)13-21)17-29-23(15-27)24(16-28)30-18-20-10-12-22(14-26(20)34)32(7-3)8-4;2-1-3/h9-14,17-18,33-34H,5-8H2,1-4H3;1H2/b24-23-,29-17?,30-18?;. The van der Waals surface area contributed by atoms with E-state index in [9.17, 15) is 20.7 Å². The average molecular weight is 543 g/mol. The second kappa shape index (κ2) is 16.9. The molecular weight excluding hydrogens is 511 g/mol. The number of nitrogens with zero attached hydrogens (tertiary/aromatic N) is 6. The van der Waals surface area contributed by atoms with Crippen molar-refractivity contribution in [3.8, 4) is 23.6 Å². The Kier molecular flexibility index (Phi) is 14.3. The molecule has 2 N–H and O–H groups in total. The van der Waals surface area contributed by atoms with Gasteiger partial charge < -0.3 is 20.0 Å². The van der Waals surface area contributed by atoms with Crippen LogP contribution in [0.4, 0.5) is 11.4 Å². The monoisotopic (exact) mass is 542 g/mol. The summed E-state index contributed by atoms with van der Waals surface area (Å²) >= 11 is 9.53. The number of allylic oxidation sites excluding steroid dienone is 2. The van der Waals surface area contributed by atoms with Gasteiger partial charge in [0.25, 0.3) is 0 Å². The number of nitriles is 2. The van der Waals surface area contributed by atoms with E-state index in [2.05, 4.69) is 19.8 Å². The van der Waals surface area contributed by atoms with E-state index in [0.717, 1.165) is 37.6 Å². The summed E-state index contributed by atoms with van der Waals surface area (Å²) in [6.07, 6.45) is 2.65. The summed E-state index contributed by atoms with van der Waals surface area (Å²) in [5.41, 5.74) is 2.18. The fourth-order valence-corrected chi connectivity index (χ4v) is 3.41. The van der Waals surface area contributed by atoms with Crippen molar-refractivity contribution in [3.63, 3.8) is 0 Å². The minimum atomic E-state index is -0.203. The van der Waals surface area contributed by atoms with E-state index in [1.54, 1.807) is 24.3 Å². The first-order chi connectivity index (χ1) is 17.8. The van der Waals surface area contributed by atoms with E-state index in [0.29, 0.717) is 11.1 Å². The molecule has 2 rings (SSSR count). The summed E-state index contributed by atoms with van der Waals surface area (Å²) in [4.78, 5) is 12.3. The van der Waals surface area contributed by atoms with Gasteiger partial charge in [-0.3, -0.25) is 0 Å². The number of alkyl halides is 2. The van der Waals surface area contributed by atoms with Gasteiger partial charge in [0.1, 0.15) is 23.6 Å². The Balaban J connectivity index is 0.00000217. The van der Waals surface area contributed by atoms with Gasteiger partial charge in [0.05, 0.1) is 5.34 Å². The van der Waals surface area contributed by atoms with Crippen LogP contribution < -0.4 is 9.80 Å². The molecule has 0 bridgehead atoms. The quantitative estimate of drug-likeness (QED) is 0.215. The molecule has 0 atom stereocenters. The number of hydrogen-bond acceptors (Lipinski definition) is 8. The number of aromatic hydroxyl groups is 2. The zero-order chi connectivity index (χ0) is 27.8. The largest absolute Gasteiger partial charge is 0.507 e. The SMILES string of the molecule is CCN(CC)c1ccc(C=N/C(C#N)=C(/C#N)N=Cc2ccc(N(CC)CC)cc2O)c(O)c1.ClCCl. The first-order valence-corrected chi connectivity index (χ1v) is 12.8. The van der Waals surface area contributed by atoms with Crippen LogP contribution in [0.5, 0.6) is 11.5 Å². The van der Waals surface area contributed by atoms with Crippen LogP contribution in [-0.4, -0.2) is 54.2 Å².